The topological polar surface area (TPSA) is 58.4 Å². The van der Waals surface area contributed by atoms with Gasteiger partial charge in [-0.1, -0.05) is 12.2 Å². The number of carbonyl (C=O) groups is 1. The van der Waals surface area contributed by atoms with E-state index in [-0.39, 0.29) is 11.0 Å². The summed E-state index contributed by atoms with van der Waals surface area (Å²) in [5.41, 5.74) is 6.33. The first kappa shape index (κ1) is 13.7. The van der Waals surface area contributed by atoms with E-state index >= 15 is 0 Å². The second-order valence-electron chi connectivity index (χ2n) is 4.53. The number of urea groups is 1. The summed E-state index contributed by atoms with van der Waals surface area (Å²) in [6.45, 7) is 1.49. The standard InChI is InChI=1S/C13H16FN3OS/c14-9-4-5-11(10(8-9)12(15)19)16-13(18)17-6-2-1-3-7-17/h4-5,8H,1-3,6-7H2,(H2,15,19)(H,16,18). The van der Waals surface area contributed by atoms with E-state index in [1.165, 1.54) is 18.2 Å². The molecule has 1 aromatic carbocycles. The molecular weight excluding hydrogens is 265 g/mol. The largest absolute Gasteiger partial charge is 0.389 e. The molecule has 0 radical (unpaired) electrons. The highest BCUT2D eigenvalue weighted by Crippen LogP contribution is 2.18. The molecule has 102 valence electrons. The fourth-order valence-corrected chi connectivity index (χ4v) is 2.29. The van der Waals surface area contributed by atoms with Crippen LogP contribution in [0.1, 0.15) is 24.8 Å². The number of nitrogens with one attached hydrogen (secondary N) is 1. The van der Waals surface area contributed by atoms with Crippen molar-refractivity contribution in [2.75, 3.05) is 18.4 Å². The molecule has 1 aliphatic rings. The lowest BCUT2D eigenvalue weighted by molar-refractivity contribution is 0.200. The zero-order chi connectivity index (χ0) is 13.8. The monoisotopic (exact) mass is 281 g/mol. The van der Waals surface area contributed by atoms with Crippen molar-refractivity contribution in [3.05, 3.63) is 29.6 Å². The van der Waals surface area contributed by atoms with Gasteiger partial charge < -0.3 is 16.0 Å². The van der Waals surface area contributed by atoms with Crippen LogP contribution >= 0.6 is 12.2 Å². The van der Waals surface area contributed by atoms with Gasteiger partial charge in [-0.15, -0.1) is 0 Å². The Labute approximate surface area is 116 Å². The third-order valence-corrected chi connectivity index (χ3v) is 3.35. The highest BCUT2D eigenvalue weighted by molar-refractivity contribution is 7.80. The number of anilines is 1. The van der Waals surface area contributed by atoms with Crippen molar-refractivity contribution in [1.82, 2.24) is 4.90 Å². The lowest BCUT2D eigenvalue weighted by Gasteiger charge is -2.27. The van der Waals surface area contributed by atoms with Gasteiger partial charge in [0.05, 0.1) is 5.69 Å². The van der Waals surface area contributed by atoms with E-state index < -0.39 is 5.82 Å². The molecule has 0 aliphatic carbocycles. The maximum atomic E-state index is 13.2. The maximum Gasteiger partial charge on any atom is 0.321 e. The summed E-state index contributed by atoms with van der Waals surface area (Å²) in [7, 11) is 0. The van der Waals surface area contributed by atoms with Crippen molar-refractivity contribution in [3.8, 4) is 0 Å². The molecular formula is C13H16FN3OS. The van der Waals surface area contributed by atoms with Gasteiger partial charge in [-0.3, -0.25) is 0 Å². The first-order valence-electron chi connectivity index (χ1n) is 6.23. The number of nitrogens with two attached hydrogens (primary N) is 1. The Hall–Kier alpha value is -1.69. The van der Waals surface area contributed by atoms with Crippen molar-refractivity contribution in [3.63, 3.8) is 0 Å². The van der Waals surface area contributed by atoms with Gasteiger partial charge >= 0.3 is 6.03 Å². The van der Waals surface area contributed by atoms with Crippen LogP contribution in [-0.4, -0.2) is 29.0 Å². The molecule has 2 rings (SSSR count). The molecule has 1 fully saturated rings. The molecule has 2 amide bonds. The van der Waals surface area contributed by atoms with Crippen molar-refractivity contribution >= 4 is 28.9 Å². The van der Waals surface area contributed by atoms with Crippen molar-refractivity contribution in [1.29, 1.82) is 0 Å². The fraction of sp³-hybridized carbons (Fsp3) is 0.385. The van der Waals surface area contributed by atoms with Gasteiger partial charge in [0.1, 0.15) is 10.8 Å². The zero-order valence-corrected chi connectivity index (χ0v) is 11.3. The molecule has 1 aliphatic heterocycles. The maximum absolute atomic E-state index is 13.2. The van der Waals surface area contributed by atoms with Crippen LogP contribution in [0.2, 0.25) is 0 Å². The summed E-state index contributed by atoms with van der Waals surface area (Å²) < 4.78 is 13.2. The second kappa shape index (κ2) is 5.97. The van der Waals surface area contributed by atoms with Crippen LogP contribution in [0.4, 0.5) is 14.9 Å². The number of benzene rings is 1. The molecule has 4 nitrogen and oxygen atoms in total. The van der Waals surface area contributed by atoms with Gasteiger partial charge in [0.2, 0.25) is 0 Å². The van der Waals surface area contributed by atoms with Gasteiger partial charge in [-0.25, -0.2) is 9.18 Å². The van der Waals surface area contributed by atoms with Crippen LogP contribution in [0.15, 0.2) is 18.2 Å². The Bertz CT molecular complexity index is 501. The number of carbonyl (C=O) groups excluding carboxylic acids is 1. The Morgan fingerprint density at radius 3 is 2.63 bits per heavy atom. The van der Waals surface area contributed by atoms with E-state index in [1.807, 2.05) is 0 Å². The summed E-state index contributed by atoms with van der Waals surface area (Å²) in [5.74, 6) is -0.432. The lowest BCUT2D eigenvalue weighted by Crippen LogP contribution is -2.39. The summed E-state index contributed by atoms with van der Waals surface area (Å²) in [4.78, 5) is 13.9. The average molecular weight is 281 g/mol. The average Bonchev–Trinajstić information content (AvgIpc) is 2.41. The first-order chi connectivity index (χ1) is 9.08. The number of likely N-dealkylation sites (tertiary alicyclic amines) is 1. The number of piperidine rings is 1. The minimum Gasteiger partial charge on any atom is -0.389 e. The van der Waals surface area contributed by atoms with Crippen molar-refractivity contribution < 1.29 is 9.18 Å². The molecule has 3 N–H and O–H groups in total. The molecule has 0 aromatic heterocycles. The third-order valence-electron chi connectivity index (χ3n) is 3.13. The normalized spacial score (nSPS) is 15.1. The van der Waals surface area contributed by atoms with Crippen LogP contribution < -0.4 is 11.1 Å². The van der Waals surface area contributed by atoms with Gasteiger partial charge in [-0.05, 0) is 37.5 Å². The van der Waals surface area contributed by atoms with Crippen LogP contribution in [0.25, 0.3) is 0 Å². The molecule has 1 aromatic rings. The number of nitrogens with zero attached hydrogens (tertiary/aromatic N) is 1. The molecule has 19 heavy (non-hydrogen) atoms. The summed E-state index contributed by atoms with van der Waals surface area (Å²) in [6, 6.07) is 3.79. The molecule has 0 spiro atoms. The smallest absolute Gasteiger partial charge is 0.321 e. The third kappa shape index (κ3) is 3.41. The minimum atomic E-state index is -0.432. The van der Waals surface area contributed by atoms with E-state index in [2.05, 4.69) is 5.32 Å². The summed E-state index contributed by atoms with van der Waals surface area (Å²) >= 11 is 4.86. The summed E-state index contributed by atoms with van der Waals surface area (Å²) in [5, 5.41) is 2.74. The van der Waals surface area contributed by atoms with E-state index in [9.17, 15) is 9.18 Å². The van der Waals surface area contributed by atoms with Gasteiger partial charge in [0, 0.05) is 18.7 Å². The quantitative estimate of drug-likeness (QED) is 0.819. The number of rotatable bonds is 2. The van der Waals surface area contributed by atoms with Crippen LogP contribution in [0.5, 0.6) is 0 Å². The van der Waals surface area contributed by atoms with Crippen molar-refractivity contribution in [2.45, 2.75) is 19.3 Å². The Morgan fingerprint density at radius 1 is 1.32 bits per heavy atom. The predicted molar refractivity (Wildman–Crippen MR) is 76.7 cm³/mol. The van der Waals surface area contributed by atoms with Gasteiger partial charge in [-0.2, -0.15) is 0 Å². The molecule has 1 saturated heterocycles. The van der Waals surface area contributed by atoms with Gasteiger partial charge in [0.15, 0.2) is 0 Å². The number of halogens is 1. The van der Waals surface area contributed by atoms with Crippen LogP contribution in [0, 0.1) is 5.82 Å². The number of hydrogen-bond donors (Lipinski definition) is 2. The molecule has 1 heterocycles. The van der Waals surface area contributed by atoms with E-state index in [0.717, 1.165) is 32.4 Å². The lowest BCUT2D eigenvalue weighted by atomic mass is 10.1. The van der Waals surface area contributed by atoms with E-state index in [4.69, 9.17) is 18.0 Å². The molecule has 6 heteroatoms. The minimum absolute atomic E-state index is 0.0634. The Balaban J connectivity index is 2.13. The zero-order valence-electron chi connectivity index (χ0n) is 10.5. The molecule has 0 bridgehead atoms. The predicted octanol–water partition coefficient (Wildman–Crippen LogP) is 2.48. The highest BCUT2D eigenvalue weighted by atomic mass is 32.1. The first-order valence-corrected chi connectivity index (χ1v) is 6.64. The Morgan fingerprint density at radius 2 is 2.00 bits per heavy atom. The molecule has 0 saturated carbocycles. The van der Waals surface area contributed by atoms with E-state index in [1.54, 1.807) is 4.90 Å². The number of hydrogen-bond acceptors (Lipinski definition) is 2. The van der Waals surface area contributed by atoms with Crippen LogP contribution in [0.3, 0.4) is 0 Å². The summed E-state index contributed by atoms with van der Waals surface area (Å²) in [6.07, 6.45) is 3.18. The second-order valence-corrected chi connectivity index (χ2v) is 4.97. The van der Waals surface area contributed by atoms with Crippen LogP contribution in [-0.2, 0) is 0 Å². The van der Waals surface area contributed by atoms with Gasteiger partial charge in [0.25, 0.3) is 0 Å². The fourth-order valence-electron chi connectivity index (χ4n) is 2.12. The Kier molecular flexibility index (Phi) is 4.31. The molecule has 0 unspecified atom stereocenters. The van der Waals surface area contributed by atoms with Crippen molar-refractivity contribution in [2.24, 2.45) is 5.73 Å². The SMILES string of the molecule is NC(=S)c1cc(F)ccc1NC(=O)N1CCCCC1. The number of thiocarbonyl (C=S) groups is 1. The number of amides is 2. The molecule has 0 atom stereocenters. The highest BCUT2D eigenvalue weighted by Gasteiger charge is 2.18. The van der Waals surface area contributed by atoms with E-state index in [0.29, 0.717) is 11.3 Å².